The van der Waals surface area contributed by atoms with Crippen LogP contribution >= 0.6 is 11.6 Å². The first kappa shape index (κ1) is 13.7. The summed E-state index contributed by atoms with van der Waals surface area (Å²) in [5.41, 5.74) is 2.80. The molecule has 0 unspecified atom stereocenters. The fourth-order valence-corrected chi connectivity index (χ4v) is 2.38. The van der Waals surface area contributed by atoms with Gasteiger partial charge in [-0.15, -0.1) is 0 Å². The minimum atomic E-state index is 0.727. The first-order valence-corrected chi connectivity index (χ1v) is 7.01. The Morgan fingerprint density at radius 3 is 2.67 bits per heavy atom. The van der Waals surface area contributed by atoms with Gasteiger partial charge in [0.1, 0.15) is 11.3 Å². The van der Waals surface area contributed by atoms with Gasteiger partial charge in [-0.1, -0.05) is 48.0 Å². The molecule has 1 heterocycles. The molecule has 104 valence electrons. The minimum absolute atomic E-state index is 0.727. The van der Waals surface area contributed by atoms with E-state index in [0.717, 1.165) is 32.9 Å². The van der Waals surface area contributed by atoms with Crippen LogP contribution in [0.2, 0.25) is 5.02 Å². The lowest BCUT2D eigenvalue weighted by molar-refractivity contribution is 0.419. The maximum absolute atomic E-state index is 5.98. The van der Waals surface area contributed by atoms with Gasteiger partial charge in [0, 0.05) is 10.4 Å². The maximum Gasteiger partial charge on any atom is 0.145 e. The van der Waals surface area contributed by atoms with Gasteiger partial charge in [-0.05, 0) is 35.9 Å². The summed E-state index contributed by atoms with van der Waals surface area (Å²) >= 11 is 5.98. The predicted octanol–water partition coefficient (Wildman–Crippen LogP) is 5.07. The molecule has 0 bridgehead atoms. The summed E-state index contributed by atoms with van der Waals surface area (Å²) in [7, 11) is 1.66. The highest BCUT2D eigenvalue weighted by Gasteiger charge is 2.02. The van der Waals surface area contributed by atoms with Crippen LogP contribution in [0.1, 0.15) is 11.3 Å². The van der Waals surface area contributed by atoms with E-state index in [0.29, 0.717) is 0 Å². The second-order valence-corrected chi connectivity index (χ2v) is 5.09. The van der Waals surface area contributed by atoms with Crippen LogP contribution < -0.4 is 4.74 Å². The summed E-state index contributed by atoms with van der Waals surface area (Å²) < 4.78 is 5.36. The van der Waals surface area contributed by atoms with E-state index in [9.17, 15) is 0 Å². The molecule has 2 nitrogen and oxygen atoms in total. The van der Waals surface area contributed by atoms with Crippen LogP contribution in [0.3, 0.4) is 0 Å². The van der Waals surface area contributed by atoms with Crippen molar-refractivity contribution in [3.05, 3.63) is 70.9 Å². The standard InChI is InChI=1S/C18H14ClNO/c1-21-17-7-3-5-14-9-11-16(20-18(14)17)10-8-13-4-2-6-15(19)12-13/h2-12H,1H3. The number of halogens is 1. The average molecular weight is 296 g/mol. The Morgan fingerprint density at radius 1 is 1.00 bits per heavy atom. The maximum atomic E-state index is 5.98. The summed E-state index contributed by atoms with van der Waals surface area (Å²) in [4.78, 5) is 4.64. The Kier molecular flexibility index (Phi) is 3.89. The van der Waals surface area contributed by atoms with Gasteiger partial charge < -0.3 is 4.74 Å². The molecule has 3 aromatic rings. The second kappa shape index (κ2) is 5.98. The molecule has 0 fully saturated rings. The van der Waals surface area contributed by atoms with Crippen LogP contribution in [-0.4, -0.2) is 12.1 Å². The van der Waals surface area contributed by atoms with Gasteiger partial charge >= 0.3 is 0 Å². The number of nitrogens with zero attached hydrogens (tertiary/aromatic N) is 1. The minimum Gasteiger partial charge on any atom is -0.494 e. The van der Waals surface area contributed by atoms with Crippen LogP contribution in [0.15, 0.2) is 54.6 Å². The van der Waals surface area contributed by atoms with Gasteiger partial charge in [0.15, 0.2) is 0 Å². The Morgan fingerprint density at radius 2 is 1.86 bits per heavy atom. The molecule has 1 aromatic heterocycles. The zero-order valence-corrected chi connectivity index (χ0v) is 12.3. The third-order valence-electron chi connectivity index (χ3n) is 3.22. The number of benzene rings is 2. The molecule has 0 aliphatic carbocycles. The smallest absolute Gasteiger partial charge is 0.145 e. The van der Waals surface area contributed by atoms with E-state index in [1.54, 1.807) is 7.11 Å². The zero-order valence-electron chi connectivity index (χ0n) is 11.6. The van der Waals surface area contributed by atoms with Crippen molar-refractivity contribution in [2.24, 2.45) is 0 Å². The quantitative estimate of drug-likeness (QED) is 0.673. The van der Waals surface area contributed by atoms with Crippen molar-refractivity contribution in [1.29, 1.82) is 0 Å². The highest BCUT2D eigenvalue weighted by molar-refractivity contribution is 6.30. The largest absolute Gasteiger partial charge is 0.494 e. The third kappa shape index (κ3) is 3.06. The van der Waals surface area contributed by atoms with Gasteiger partial charge in [-0.3, -0.25) is 0 Å². The van der Waals surface area contributed by atoms with Crippen molar-refractivity contribution >= 4 is 34.7 Å². The van der Waals surface area contributed by atoms with Crippen LogP contribution in [0.4, 0.5) is 0 Å². The average Bonchev–Trinajstić information content (AvgIpc) is 2.52. The molecule has 0 saturated carbocycles. The molecular weight excluding hydrogens is 282 g/mol. The highest BCUT2D eigenvalue weighted by atomic mass is 35.5. The van der Waals surface area contributed by atoms with Crippen LogP contribution in [-0.2, 0) is 0 Å². The van der Waals surface area contributed by atoms with Crippen molar-refractivity contribution < 1.29 is 4.74 Å². The summed E-state index contributed by atoms with van der Waals surface area (Å²) in [6, 6.07) is 17.6. The molecule has 0 spiro atoms. The third-order valence-corrected chi connectivity index (χ3v) is 3.45. The molecule has 3 heteroatoms. The van der Waals surface area contributed by atoms with Crippen molar-refractivity contribution in [2.75, 3.05) is 7.11 Å². The zero-order chi connectivity index (χ0) is 14.7. The van der Waals surface area contributed by atoms with Gasteiger partial charge in [-0.25, -0.2) is 4.98 Å². The summed E-state index contributed by atoms with van der Waals surface area (Å²) in [6.07, 6.45) is 3.97. The Labute approximate surface area is 128 Å². The summed E-state index contributed by atoms with van der Waals surface area (Å²) in [5, 5.41) is 1.79. The normalized spacial score (nSPS) is 11.1. The first-order valence-electron chi connectivity index (χ1n) is 6.64. The van der Waals surface area contributed by atoms with Crippen LogP contribution in [0, 0.1) is 0 Å². The van der Waals surface area contributed by atoms with Crippen LogP contribution in [0.25, 0.3) is 23.1 Å². The number of para-hydroxylation sites is 1. The van der Waals surface area contributed by atoms with E-state index in [1.165, 1.54) is 0 Å². The molecule has 0 amide bonds. The number of aromatic nitrogens is 1. The molecule has 0 aliphatic heterocycles. The van der Waals surface area contributed by atoms with E-state index in [-0.39, 0.29) is 0 Å². The molecule has 0 N–H and O–H groups in total. The fraction of sp³-hybridized carbons (Fsp3) is 0.0556. The fourth-order valence-electron chi connectivity index (χ4n) is 2.18. The monoisotopic (exact) mass is 295 g/mol. The van der Waals surface area contributed by atoms with Crippen molar-refractivity contribution in [1.82, 2.24) is 4.98 Å². The summed E-state index contributed by atoms with van der Waals surface area (Å²) in [6.45, 7) is 0. The second-order valence-electron chi connectivity index (χ2n) is 4.66. The van der Waals surface area contributed by atoms with E-state index < -0.39 is 0 Å². The predicted molar refractivity (Wildman–Crippen MR) is 88.7 cm³/mol. The lowest BCUT2D eigenvalue weighted by atomic mass is 10.1. The molecular formula is C18H14ClNO. The number of pyridine rings is 1. The topological polar surface area (TPSA) is 22.1 Å². The number of ether oxygens (including phenoxy) is 1. The van der Waals surface area contributed by atoms with E-state index in [2.05, 4.69) is 4.98 Å². The Bertz CT molecular complexity index is 811. The van der Waals surface area contributed by atoms with E-state index >= 15 is 0 Å². The molecule has 2 aromatic carbocycles. The molecule has 0 aliphatic rings. The Balaban J connectivity index is 1.97. The SMILES string of the molecule is COc1cccc2ccc(C=Cc3cccc(Cl)c3)nc12. The molecule has 3 rings (SSSR count). The first-order chi connectivity index (χ1) is 10.3. The van der Waals surface area contributed by atoms with Crippen molar-refractivity contribution in [3.8, 4) is 5.75 Å². The lowest BCUT2D eigenvalue weighted by Gasteiger charge is -2.05. The summed E-state index contributed by atoms with van der Waals surface area (Å²) in [5.74, 6) is 0.783. The molecule has 0 radical (unpaired) electrons. The molecule has 21 heavy (non-hydrogen) atoms. The molecule has 0 atom stereocenters. The molecule has 0 saturated heterocycles. The lowest BCUT2D eigenvalue weighted by Crippen LogP contribution is -1.89. The van der Waals surface area contributed by atoms with Gasteiger partial charge in [0.25, 0.3) is 0 Å². The number of methoxy groups -OCH3 is 1. The van der Waals surface area contributed by atoms with Gasteiger partial charge in [0.2, 0.25) is 0 Å². The number of rotatable bonds is 3. The van der Waals surface area contributed by atoms with E-state index in [4.69, 9.17) is 16.3 Å². The van der Waals surface area contributed by atoms with Crippen molar-refractivity contribution in [3.63, 3.8) is 0 Å². The van der Waals surface area contributed by atoms with Crippen LogP contribution in [0.5, 0.6) is 5.75 Å². The van der Waals surface area contributed by atoms with Gasteiger partial charge in [0.05, 0.1) is 12.8 Å². The van der Waals surface area contributed by atoms with Gasteiger partial charge in [-0.2, -0.15) is 0 Å². The Hall–Kier alpha value is -2.32. The number of fused-ring (bicyclic) bond motifs is 1. The number of hydrogen-bond acceptors (Lipinski definition) is 2. The van der Waals surface area contributed by atoms with Crippen molar-refractivity contribution in [2.45, 2.75) is 0 Å². The van der Waals surface area contributed by atoms with E-state index in [1.807, 2.05) is 66.7 Å². The highest BCUT2D eigenvalue weighted by Crippen LogP contribution is 2.24. The number of hydrogen-bond donors (Lipinski definition) is 0.